The zero-order chi connectivity index (χ0) is 13.7. The second-order valence-electron chi connectivity index (χ2n) is 3.71. The van der Waals surface area contributed by atoms with Gasteiger partial charge < -0.3 is 15.4 Å². The Morgan fingerprint density at radius 2 is 2.06 bits per heavy atom. The largest absolute Gasteiger partial charge is 0.410 e. The molecule has 0 spiro atoms. The lowest BCUT2D eigenvalue weighted by atomic mass is 10.1. The molecule has 0 unspecified atom stereocenters. The molecular weight excluding hydrogens is 239 g/mol. The van der Waals surface area contributed by atoms with Gasteiger partial charge in [-0.25, -0.2) is 9.18 Å². The molecule has 0 saturated heterocycles. The molecule has 0 aliphatic carbocycles. The summed E-state index contributed by atoms with van der Waals surface area (Å²) in [6, 6.07) is 3.46. The lowest BCUT2D eigenvalue weighted by Crippen LogP contribution is -2.17. The Hall–Kier alpha value is -2.37. The van der Waals surface area contributed by atoms with Crippen molar-refractivity contribution in [1.82, 2.24) is 4.90 Å². The zero-order valence-corrected chi connectivity index (χ0v) is 10.0. The maximum absolute atomic E-state index is 13.2. The summed E-state index contributed by atoms with van der Waals surface area (Å²) < 4.78 is 17.7. The van der Waals surface area contributed by atoms with E-state index in [0.29, 0.717) is 0 Å². The van der Waals surface area contributed by atoms with Crippen LogP contribution in [0.1, 0.15) is 10.4 Å². The van der Waals surface area contributed by atoms with Gasteiger partial charge in [-0.15, -0.1) is 0 Å². The third kappa shape index (κ3) is 3.89. The topological polar surface area (TPSA) is 72.6 Å². The van der Waals surface area contributed by atoms with Gasteiger partial charge in [0.2, 0.25) is 0 Å². The number of benzene rings is 1. The van der Waals surface area contributed by atoms with Crippen LogP contribution in [0.3, 0.4) is 0 Å². The van der Waals surface area contributed by atoms with E-state index in [-0.39, 0.29) is 17.1 Å². The van der Waals surface area contributed by atoms with Gasteiger partial charge in [0.15, 0.2) is 17.3 Å². The number of halogens is 1. The molecular formula is C12H13FN2O3. The van der Waals surface area contributed by atoms with Crippen LogP contribution in [0.2, 0.25) is 0 Å². The van der Waals surface area contributed by atoms with Gasteiger partial charge in [-0.3, -0.25) is 4.79 Å². The minimum atomic E-state index is -1.14. The molecule has 0 aliphatic heterocycles. The molecule has 0 heterocycles. The summed E-state index contributed by atoms with van der Waals surface area (Å²) >= 11 is 0. The average molecular weight is 252 g/mol. The minimum absolute atomic E-state index is 0.200. The normalized spacial score (nSPS) is 10.4. The predicted molar refractivity (Wildman–Crippen MR) is 63.8 cm³/mol. The second-order valence-corrected chi connectivity index (χ2v) is 3.71. The lowest BCUT2D eigenvalue weighted by Gasteiger charge is -2.05. The summed E-state index contributed by atoms with van der Waals surface area (Å²) in [7, 11) is 3.52. The summed E-state index contributed by atoms with van der Waals surface area (Å²) in [6.45, 7) is 0. The molecule has 0 fully saturated rings. The van der Waals surface area contributed by atoms with E-state index in [9.17, 15) is 14.0 Å². The number of nitrogens with two attached hydrogens (primary N) is 1. The maximum Gasteiger partial charge on any atom is 0.410 e. The van der Waals surface area contributed by atoms with E-state index in [2.05, 4.69) is 4.74 Å². The molecule has 1 rings (SSSR count). The number of hydrogen-bond acceptors (Lipinski definition) is 4. The van der Waals surface area contributed by atoms with E-state index in [4.69, 9.17) is 5.73 Å². The molecule has 0 aliphatic rings. The fourth-order valence-electron chi connectivity index (χ4n) is 1.16. The van der Waals surface area contributed by atoms with Crippen molar-refractivity contribution in [1.29, 1.82) is 0 Å². The number of rotatable bonds is 4. The van der Waals surface area contributed by atoms with Gasteiger partial charge >= 0.3 is 6.09 Å². The molecule has 0 aromatic heterocycles. The highest BCUT2D eigenvalue weighted by Crippen LogP contribution is 2.19. The number of allylic oxidation sites excluding steroid dienone is 1. The van der Waals surface area contributed by atoms with E-state index < -0.39 is 11.9 Å². The molecule has 1 amide bonds. The number of amides is 1. The van der Waals surface area contributed by atoms with E-state index in [0.717, 1.165) is 12.1 Å². The molecule has 0 saturated carbocycles. The van der Waals surface area contributed by atoms with Crippen molar-refractivity contribution in [3.05, 3.63) is 41.9 Å². The highest BCUT2D eigenvalue weighted by molar-refractivity contribution is 6.04. The molecule has 2 N–H and O–H groups in total. The van der Waals surface area contributed by atoms with Crippen LogP contribution in [0.25, 0.3) is 0 Å². The molecule has 6 heteroatoms. The Balaban J connectivity index is 2.97. The number of nitrogens with zero attached hydrogens (tertiary/aromatic N) is 1. The summed E-state index contributed by atoms with van der Waals surface area (Å²) in [5.74, 6) is -1.47. The van der Waals surface area contributed by atoms with Crippen molar-refractivity contribution < 1.29 is 18.7 Å². The van der Waals surface area contributed by atoms with Crippen LogP contribution in [-0.2, 0) is 0 Å². The zero-order valence-electron chi connectivity index (χ0n) is 10.0. The maximum atomic E-state index is 13.2. The van der Waals surface area contributed by atoms with Crippen molar-refractivity contribution in [3.63, 3.8) is 0 Å². The Morgan fingerprint density at radius 3 is 2.61 bits per heavy atom. The number of carbonyl (C=O) groups is 2. The summed E-state index contributed by atoms with van der Waals surface area (Å²) in [6.07, 6.45) is 1.74. The third-order valence-electron chi connectivity index (χ3n) is 1.95. The third-order valence-corrected chi connectivity index (χ3v) is 1.95. The lowest BCUT2D eigenvalue weighted by molar-refractivity contribution is 0.104. The first-order valence-electron chi connectivity index (χ1n) is 5.06. The number of ether oxygens (including phenoxy) is 1. The van der Waals surface area contributed by atoms with Crippen LogP contribution < -0.4 is 10.5 Å². The van der Waals surface area contributed by atoms with Crippen molar-refractivity contribution >= 4 is 11.9 Å². The first kappa shape index (κ1) is 13.7. The molecule has 5 nitrogen and oxygen atoms in total. The highest BCUT2D eigenvalue weighted by Gasteiger charge is 2.10. The molecule has 0 atom stereocenters. The van der Waals surface area contributed by atoms with Gasteiger partial charge in [-0.05, 0) is 18.2 Å². The van der Waals surface area contributed by atoms with Crippen molar-refractivity contribution in [2.24, 2.45) is 5.73 Å². The first-order valence-corrected chi connectivity index (χ1v) is 5.06. The molecule has 18 heavy (non-hydrogen) atoms. The van der Waals surface area contributed by atoms with E-state index >= 15 is 0 Å². The SMILES string of the molecule is CN(C)C=CC(=O)c1ccc(F)c(OC(N)=O)c1. The van der Waals surface area contributed by atoms with Gasteiger partial charge in [0, 0.05) is 31.9 Å². The van der Waals surface area contributed by atoms with Gasteiger partial charge in [0.1, 0.15) is 0 Å². The van der Waals surface area contributed by atoms with Gasteiger partial charge in [-0.2, -0.15) is 0 Å². The second kappa shape index (κ2) is 5.81. The summed E-state index contributed by atoms with van der Waals surface area (Å²) in [4.78, 5) is 23.9. The first-order chi connectivity index (χ1) is 8.40. The predicted octanol–water partition coefficient (Wildman–Crippen LogP) is 1.54. The van der Waals surface area contributed by atoms with Crippen LogP contribution in [0.15, 0.2) is 30.5 Å². The average Bonchev–Trinajstić information content (AvgIpc) is 2.28. The van der Waals surface area contributed by atoms with E-state index in [1.807, 2.05) is 0 Å². The molecule has 1 aromatic carbocycles. The number of primary amides is 1. The Morgan fingerprint density at radius 1 is 1.39 bits per heavy atom. The number of hydrogen-bond donors (Lipinski definition) is 1. The fourth-order valence-corrected chi connectivity index (χ4v) is 1.16. The van der Waals surface area contributed by atoms with Crippen molar-refractivity contribution in [2.45, 2.75) is 0 Å². The fraction of sp³-hybridized carbons (Fsp3) is 0.167. The minimum Gasteiger partial charge on any atom is -0.407 e. The molecule has 96 valence electrons. The standard InChI is InChI=1S/C12H13FN2O3/c1-15(2)6-5-10(16)8-3-4-9(13)11(7-8)18-12(14)17/h3-7H,1-2H3,(H2,14,17). The van der Waals surface area contributed by atoms with Crippen LogP contribution in [0.4, 0.5) is 9.18 Å². The monoisotopic (exact) mass is 252 g/mol. The number of carbonyl (C=O) groups excluding carboxylic acids is 2. The van der Waals surface area contributed by atoms with Crippen LogP contribution in [0, 0.1) is 5.82 Å². The highest BCUT2D eigenvalue weighted by atomic mass is 19.1. The number of ketones is 1. The van der Waals surface area contributed by atoms with Crippen LogP contribution in [-0.4, -0.2) is 30.9 Å². The van der Waals surface area contributed by atoms with Gasteiger partial charge in [0.05, 0.1) is 0 Å². The van der Waals surface area contributed by atoms with Gasteiger partial charge in [-0.1, -0.05) is 0 Å². The van der Waals surface area contributed by atoms with E-state index in [1.165, 1.54) is 12.1 Å². The summed E-state index contributed by atoms with van der Waals surface area (Å²) in [5, 5.41) is 0. The molecule has 0 bridgehead atoms. The Kier molecular flexibility index (Phi) is 4.42. The summed E-state index contributed by atoms with van der Waals surface area (Å²) in [5.41, 5.74) is 4.98. The molecule has 1 aromatic rings. The van der Waals surface area contributed by atoms with Crippen LogP contribution >= 0.6 is 0 Å². The van der Waals surface area contributed by atoms with E-state index in [1.54, 1.807) is 25.2 Å². The Labute approximate surface area is 104 Å². The molecule has 0 radical (unpaired) electrons. The quantitative estimate of drug-likeness (QED) is 0.651. The van der Waals surface area contributed by atoms with Gasteiger partial charge in [0.25, 0.3) is 0 Å². The Bertz CT molecular complexity index is 498. The van der Waals surface area contributed by atoms with Crippen molar-refractivity contribution in [3.8, 4) is 5.75 Å². The smallest absolute Gasteiger partial charge is 0.407 e. The van der Waals surface area contributed by atoms with Crippen LogP contribution in [0.5, 0.6) is 5.75 Å². The van der Waals surface area contributed by atoms with Crippen molar-refractivity contribution in [2.75, 3.05) is 14.1 Å².